The summed E-state index contributed by atoms with van der Waals surface area (Å²) in [5.74, 6) is -0.349. The van der Waals surface area contributed by atoms with Gasteiger partial charge in [-0.2, -0.15) is 0 Å². The van der Waals surface area contributed by atoms with E-state index in [1.807, 2.05) is 0 Å². The number of fused-ring (bicyclic) bond motifs is 1. The Bertz CT molecular complexity index is 931. The van der Waals surface area contributed by atoms with Crippen molar-refractivity contribution in [1.29, 1.82) is 0 Å². The summed E-state index contributed by atoms with van der Waals surface area (Å²) in [6, 6.07) is 13.5. The van der Waals surface area contributed by atoms with Crippen LogP contribution >= 0.6 is 11.6 Å². The predicted molar refractivity (Wildman–Crippen MR) is 93.6 cm³/mol. The van der Waals surface area contributed by atoms with Crippen molar-refractivity contribution in [2.75, 3.05) is 19.4 Å². The maximum absolute atomic E-state index is 12.4. The Balaban J connectivity index is 1.83. The lowest BCUT2D eigenvalue weighted by atomic mass is 10.2. The molecule has 0 fully saturated rings. The lowest BCUT2D eigenvalue weighted by Gasteiger charge is -2.11. The van der Waals surface area contributed by atoms with Gasteiger partial charge in [-0.05, 0) is 42.5 Å². The average Bonchev–Trinajstić information content (AvgIpc) is 2.97. The molecule has 0 bridgehead atoms. The van der Waals surface area contributed by atoms with Crippen molar-refractivity contribution in [3.63, 3.8) is 0 Å². The third-order valence-corrected chi connectivity index (χ3v) is 3.71. The monoisotopic (exact) mass is 342 g/mol. The molecule has 0 atom stereocenters. The van der Waals surface area contributed by atoms with Gasteiger partial charge >= 0.3 is 0 Å². The van der Waals surface area contributed by atoms with Crippen molar-refractivity contribution in [1.82, 2.24) is 4.90 Å². The quantitative estimate of drug-likeness (QED) is 0.781. The molecule has 1 heterocycles. The summed E-state index contributed by atoms with van der Waals surface area (Å²) in [5, 5.41) is 4.06. The number of rotatable bonds is 3. The molecule has 6 heteroatoms. The lowest BCUT2D eigenvalue weighted by Crippen LogP contribution is -2.21. The summed E-state index contributed by atoms with van der Waals surface area (Å²) < 4.78 is 5.53. The third-order valence-electron chi connectivity index (χ3n) is 3.48. The first-order valence-corrected chi connectivity index (χ1v) is 7.64. The summed E-state index contributed by atoms with van der Waals surface area (Å²) in [6.45, 7) is 0. The number of hydrogen-bond acceptors (Lipinski definition) is 3. The van der Waals surface area contributed by atoms with Gasteiger partial charge < -0.3 is 14.6 Å². The van der Waals surface area contributed by atoms with Crippen molar-refractivity contribution < 1.29 is 14.0 Å². The van der Waals surface area contributed by atoms with Gasteiger partial charge in [0.05, 0.1) is 0 Å². The van der Waals surface area contributed by atoms with Crippen molar-refractivity contribution in [2.24, 2.45) is 0 Å². The van der Waals surface area contributed by atoms with Crippen LogP contribution in [0, 0.1) is 0 Å². The first kappa shape index (κ1) is 16.1. The van der Waals surface area contributed by atoms with E-state index in [1.54, 1.807) is 62.6 Å². The number of nitrogens with one attached hydrogen (secondary N) is 1. The molecule has 0 saturated carbocycles. The first-order valence-electron chi connectivity index (χ1n) is 7.26. The molecule has 0 aliphatic carbocycles. The van der Waals surface area contributed by atoms with Crippen LogP contribution in [0.2, 0.25) is 5.02 Å². The highest BCUT2D eigenvalue weighted by atomic mass is 35.5. The number of amides is 2. The molecule has 3 rings (SSSR count). The molecular weight excluding hydrogens is 328 g/mol. The van der Waals surface area contributed by atoms with Gasteiger partial charge in [-0.1, -0.05) is 17.7 Å². The van der Waals surface area contributed by atoms with E-state index < -0.39 is 5.91 Å². The molecule has 2 amide bonds. The van der Waals surface area contributed by atoms with E-state index in [9.17, 15) is 9.59 Å². The zero-order chi connectivity index (χ0) is 17.3. The van der Waals surface area contributed by atoms with Crippen LogP contribution < -0.4 is 5.32 Å². The number of anilines is 1. The Hall–Kier alpha value is -2.79. The second-order valence-electron chi connectivity index (χ2n) is 5.53. The predicted octanol–water partition coefficient (Wildman–Crippen LogP) is 4.04. The SMILES string of the molecule is CN(C)C(=O)c1cccc(NC(=O)c2cc3cc(Cl)ccc3o2)c1. The Morgan fingerprint density at radius 3 is 2.62 bits per heavy atom. The summed E-state index contributed by atoms with van der Waals surface area (Å²) in [5.41, 5.74) is 1.60. The summed E-state index contributed by atoms with van der Waals surface area (Å²) in [4.78, 5) is 25.8. The topological polar surface area (TPSA) is 62.6 Å². The van der Waals surface area contributed by atoms with Crippen molar-refractivity contribution in [3.8, 4) is 0 Å². The number of hydrogen-bond donors (Lipinski definition) is 1. The smallest absolute Gasteiger partial charge is 0.291 e. The molecule has 3 aromatic rings. The van der Waals surface area contributed by atoms with Gasteiger partial charge in [-0.25, -0.2) is 0 Å². The standard InChI is InChI=1S/C18H15ClN2O3/c1-21(2)18(23)11-4-3-5-14(9-11)20-17(22)16-10-12-8-13(19)6-7-15(12)24-16/h3-10H,1-2H3,(H,20,22). The van der Waals surface area contributed by atoms with Gasteiger partial charge in [-0.15, -0.1) is 0 Å². The fraction of sp³-hybridized carbons (Fsp3) is 0.111. The Labute approximate surface area is 143 Å². The molecule has 0 spiro atoms. The van der Waals surface area contributed by atoms with E-state index in [1.165, 1.54) is 4.90 Å². The minimum Gasteiger partial charge on any atom is -0.451 e. The lowest BCUT2D eigenvalue weighted by molar-refractivity contribution is 0.0827. The summed E-state index contributed by atoms with van der Waals surface area (Å²) in [7, 11) is 3.35. The van der Waals surface area contributed by atoms with E-state index >= 15 is 0 Å². The fourth-order valence-corrected chi connectivity index (χ4v) is 2.49. The fourth-order valence-electron chi connectivity index (χ4n) is 2.31. The van der Waals surface area contributed by atoms with Crippen LogP contribution in [0.4, 0.5) is 5.69 Å². The maximum Gasteiger partial charge on any atom is 0.291 e. The zero-order valence-electron chi connectivity index (χ0n) is 13.2. The van der Waals surface area contributed by atoms with Crippen molar-refractivity contribution in [3.05, 3.63) is 64.9 Å². The summed E-state index contributed by atoms with van der Waals surface area (Å²) in [6.07, 6.45) is 0. The van der Waals surface area contributed by atoms with Crippen molar-refractivity contribution >= 4 is 40.1 Å². The highest BCUT2D eigenvalue weighted by molar-refractivity contribution is 6.31. The Morgan fingerprint density at radius 2 is 1.88 bits per heavy atom. The van der Waals surface area contributed by atoms with E-state index in [-0.39, 0.29) is 11.7 Å². The Kier molecular flexibility index (Phi) is 4.27. The molecule has 0 aliphatic heterocycles. The van der Waals surface area contributed by atoms with Crippen LogP contribution in [-0.2, 0) is 0 Å². The van der Waals surface area contributed by atoms with Gasteiger partial charge in [0.1, 0.15) is 5.58 Å². The minimum atomic E-state index is -0.392. The van der Waals surface area contributed by atoms with Crippen LogP contribution in [0.15, 0.2) is 52.9 Å². The van der Waals surface area contributed by atoms with Crippen molar-refractivity contribution in [2.45, 2.75) is 0 Å². The number of carbonyl (C=O) groups is 2. The highest BCUT2D eigenvalue weighted by Gasteiger charge is 2.14. The molecule has 0 saturated heterocycles. The molecule has 122 valence electrons. The maximum atomic E-state index is 12.4. The van der Waals surface area contributed by atoms with E-state index in [0.717, 1.165) is 5.39 Å². The molecule has 24 heavy (non-hydrogen) atoms. The molecule has 2 aromatic carbocycles. The highest BCUT2D eigenvalue weighted by Crippen LogP contribution is 2.24. The average molecular weight is 343 g/mol. The number of nitrogens with zero attached hydrogens (tertiary/aromatic N) is 1. The summed E-state index contributed by atoms with van der Waals surface area (Å²) >= 11 is 5.93. The number of halogens is 1. The Morgan fingerprint density at radius 1 is 1.08 bits per heavy atom. The molecule has 0 radical (unpaired) electrons. The number of carbonyl (C=O) groups excluding carboxylic acids is 2. The van der Waals surface area contributed by atoms with Crippen LogP contribution in [0.3, 0.4) is 0 Å². The van der Waals surface area contributed by atoms with E-state index in [2.05, 4.69) is 5.32 Å². The molecule has 1 aromatic heterocycles. The second kappa shape index (κ2) is 6.37. The van der Waals surface area contributed by atoms with Crippen LogP contribution in [0.1, 0.15) is 20.9 Å². The molecule has 0 aliphatic rings. The van der Waals surface area contributed by atoms with Gasteiger partial charge in [-0.3, -0.25) is 9.59 Å². The van der Waals surface area contributed by atoms with E-state index in [0.29, 0.717) is 21.9 Å². The van der Waals surface area contributed by atoms with Crippen LogP contribution in [0.5, 0.6) is 0 Å². The second-order valence-corrected chi connectivity index (χ2v) is 5.96. The third kappa shape index (κ3) is 3.26. The van der Waals surface area contributed by atoms with Gasteiger partial charge in [0.25, 0.3) is 11.8 Å². The van der Waals surface area contributed by atoms with Gasteiger partial charge in [0.2, 0.25) is 0 Å². The molecular formula is C18H15ClN2O3. The molecule has 5 nitrogen and oxygen atoms in total. The number of benzene rings is 2. The number of furan rings is 1. The van der Waals surface area contributed by atoms with Crippen LogP contribution in [-0.4, -0.2) is 30.8 Å². The largest absolute Gasteiger partial charge is 0.451 e. The minimum absolute atomic E-state index is 0.135. The normalized spacial score (nSPS) is 10.6. The van der Waals surface area contributed by atoms with Crippen LogP contribution in [0.25, 0.3) is 11.0 Å². The molecule has 1 N–H and O–H groups in total. The van der Waals surface area contributed by atoms with Gasteiger partial charge in [0, 0.05) is 35.8 Å². The first-order chi connectivity index (χ1) is 11.4. The van der Waals surface area contributed by atoms with Gasteiger partial charge in [0.15, 0.2) is 5.76 Å². The molecule has 0 unspecified atom stereocenters. The van der Waals surface area contributed by atoms with E-state index in [4.69, 9.17) is 16.0 Å². The zero-order valence-corrected chi connectivity index (χ0v) is 13.9.